The molecule has 2 amide bonds. The van der Waals surface area contributed by atoms with Crippen LogP contribution in [-0.2, 0) is 13.1 Å². The molecule has 6 heteroatoms. The fourth-order valence-corrected chi connectivity index (χ4v) is 2.28. The number of carbonyl (C=O) groups is 1. The highest BCUT2D eigenvalue weighted by Gasteiger charge is 2.03. The van der Waals surface area contributed by atoms with Crippen LogP contribution in [0.15, 0.2) is 34.9 Å². The molecule has 2 aromatic heterocycles. The van der Waals surface area contributed by atoms with Crippen LogP contribution < -0.4 is 10.6 Å². The average molecular weight is 271 g/mol. The molecule has 0 aliphatic rings. The largest absolute Gasteiger partial charge is 0.467 e. The molecule has 0 spiro atoms. The van der Waals surface area contributed by atoms with Crippen molar-refractivity contribution in [3.8, 4) is 0 Å². The van der Waals surface area contributed by atoms with E-state index in [-0.39, 0.29) is 6.03 Å². The smallest absolute Gasteiger partial charge is 0.315 e. The van der Waals surface area contributed by atoms with Gasteiger partial charge in [0.25, 0.3) is 0 Å². The number of hydrogen-bond donors (Lipinski definition) is 2. The van der Waals surface area contributed by atoms with E-state index < -0.39 is 0 Å². The maximum Gasteiger partial charge on any atom is 0.315 e. The van der Waals surface area contributed by atoms with Crippen LogP contribution in [0.1, 0.15) is 10.6 Å². The minimum Gasteiger partial charge on any atom is -0.467 e. The molecule has 0 fully saturated rings. The summed E-state index contributed by atoms with van der Waals surface area (Å²) in [4.78, 5) is 12.4. The van der Waals surface area contributed by atoms with E-state index in [4.69, 9.17) is 16.0 Å². The number of nitrogens with one attached hydrogen (secondary N) is 2. The molecule has 17 heavy (non-hydrogen) atoms. The Morgan fingerprint density at radius 1 is 1.29 bits per heavy atom. The van der Waals surface area contributed by atoms with Gasteiger partial charge >= 0.3 is 6.03 Å². The van der Waals surface area contributed by atoms with Crippen molar-refractivity contribution >= 4 is 29.0 Å². The minimum atomic E-state index is -0.231. The van der Waals surface area contributed by atoms with E-state index in [1.165, 1.54) is 11.3 Å². The summed E-state index contributed by atoms with van der Waals surface area (Å²) in [6.07, 6.45) is 1.57. The van der Waals surface area contributed by atoms with Gasteiger partial charge in [-0.3, -0.25) is 0 Å². The highest BCUT2D eigenvalue weighted by atomic mass is 35.5. The summed E-state index contributed by atoms with van der Waals surface area (Å²) < 4.78 is 5.81. The molecule has 0 aliphatic heterocycles. The van der Waals surface area contributed by atoms with Gasteiger partial charge in [-0.2, -0.15) is 0 Å². The van der Waals surface area contributed by atoms with Gasteiger partial charge in [0.1, 0.15) is 5.76 Å². The standard InChI is InChI=1S/C11H11ClN2O2S/c12-10-4-3-9(17-10)7-14-11(15)13-6-8-2-1-5-16-8/h1-5H,6-7H2,(H2,13,14,15). The second-order valence-electron chi connectivity index (χ2n) is 3.32. The first-order valence-corrected chi connectivity index (χ1v) is 6.22. The fourth-order valence-electron chi connectivity index (χ4n) is 1.26. The number of hydrogen-bond acceptors (Lipinski definition) is 3. The van der Waals surface area contributed by atoms with E-state index in [0.29, 0.717) is 13.1 Å². The summed E-state index contributed by atoms with van der Waals surface area (Å²) in [5.74, 6) is 0.722. The van der Waals surface area contributed by atoms with Crippen LogP contribution in [0, 0.1) is 0 Å². The van der Waals surface area contributed by atoms with Gasteiger partial charge in [0.05, 0.1) is 23.7 Å². The molecular formula is C11H11ClN2O2S. The number of amides is 2. The first-order chi connectivity index (χ1) is 8.24. The van der Waals surface area contributed by atoms with Crippen LogP contribution in [0.3, 0.4) is 0 Å². The number of rotatable bonds is 4. The lowest BCUT2D eigenvalue weighted by atomic mass is 10.4. The Kier molecular flexibility index (Phi) is 4.06. The number of urea groups is 1. The third-order valence-electron chi connectivity index (χ3n) is 2.06. The Morgan fingerprint density at radius 2 is 2.12 bits per heavy atom. The van der Waals surface area contributed by atoms with E-state index in [1.807, 2.05) is 12.1 Å². The molecule has 2 heterocycles. The number of furan rings is 1. The van der Waals surface area contributed by atoms with Crippen LogP contribution in [0.4, 0.5) is 4.79 Å². The van der Waals surface area contributed by atoms with Crippen LogP contribution in [0.2, 0.25) is 4.34 Å². The van der Waals surface area contributed by atoms with Gasteiger partial charge in [0, 0.05) is 4.88 Å². The average Bonchev–Trinajstić information content (AvgIpc) is 2.95. The molecule has 0 atom stereocenters. The van der Waals surface area contributed by atoms with Crippen molar-refractivity contribution in [2.24, 2.45) is 0 Å². The van der Waals surface area contributed by atoms with Crippen LogP contribution >= 0.6 is 22.9 Å². The molecule has 2 N–H and O–H groups in total. The zero-order valence-electron chi connectivity index (χ0n) is 8.90. The van der Waals surface area contributed by atoms with Crippen LogP contribution in [-0.4, -0.2) is 6.03 Å². The Labute approximate surface area is 108 Å². The molecule has 4 nitrogen and oxygen atoms in total. The molecule has 0 bridgehead atoms. The predicted molar refractivity (Wildman–Crippen MR) is 67.1 cm³/mol. The summed E-state index contributed by atoms with van der Waals surface area (Å²) in [5, 5.41) is 5.42. The minimum absolute atomic E-state index is 0.231. The molecule has 0 aromatic carbocycles. The Hall–Kier alpha value is -1.46. The maximum absolute atomic E-state index is 11.4. The Bertz CT molecular complexity index is 481. The SMILES string of the molecule is O=C(NCc1ccco1)NCc1ccc(Cl)s1. The van der Waals surface area contributed by atoms with Crippen molar-refractivity contribution in [2.45, 2.75) is 13.1 Å². The van der Waals surface area contributed by atoms with Gasteiger partial charge in [-0.15, -0.1) is 11.3 Å². The van der Waals surface area contributed by atoms with E-state index >= 15 is 0 Å². The Balaban J connectivity index is 1.71. The molecule has 0 saturated heterocycles. The first kappa shape index (κ1) is 12.0. The third kappa shape index (κ3) is 3.80. The fraction of sp³-hybridized carbons (Fsp3) is 0.182. The van der Waals surface area contributed by atoms with Crippen LogP contribution in [0.5, 0.6) is 0 Å². The lowest BCUT2D eigenvalue weighted by Gasteiger charge is -2.04. The quantitative estimate of drug-likeness (QED) is 0.897. The highest BCUT2D eigenvalue weighted by molar-refractivity contribution is 7.16. The van der Waals surface area contributed by atoms with Gasteiger partial charge < -0.3 is 15.1 Å². The lowest BCUT2D eigenvalue weighted by Crippen LogP contribution is -2.34. The van der Waals surface area contributed by atoms with E-state index in [2.05, 4.69) is 10.6 Å². The normalized spacial score (nSPS) is 10.2. The van der Waals surface area contributed by atoms with Gasteiger partial charge in [0.2, 0.25) is 0 Å². The monoisotopic (exact) mass is 270 g/mol. The van der Waals surface area contributed by atoms with Crippen molar-refractivity contribution in [1.29, 1.82) is 0 Å². The van der Waals surface area contributed by atoms with Crippen LogP contribution in [0.25, 0.3) is 0 Å². The van der Waals surface area contributed by atoms with Crippen molar-refractivity contribution in [1.82, 2.24) is 10.6 Å². The second kappa shape index (κ2) is 5.75. The van der Waals surface area contributed by atoms with Gasteiger partial charge in [-0.25, -0.2) is 4.79 Å². The summed E-state index contributed by atoms with van der Waals surface area (Å²) in [5.41, 5.74) is 0. The lowest BCUT2D eigenvalue weighted by molar-refractivity contribution is 0.239. The zero-order valence-corrected chi connectivity index (χ0v) is 10.5. The zero-order chi connectivity index (χ0) is 12.1. The van der Waals surface area contributed by atoms with Gasteiger partial charge in [-0.1, -0.05) is 11.6 Å². The first-order valence-electron chi connectivity index (χ1n) is 5.02. The van der Waals surface area contributed by atoms with Gasteiger partial charge in [-0.05, 0) is 24.3 Å². The molecule has 0 aliphatic carbocycles. The molecule has 0 saturated carbocycles. The third-order valence-corrected chi connectivity index (χ3v) is 3.29. The predicted octanol–water partition coefficient (Wildman–Crippen LogP) is 2.99. The number of thiophene rings is 1. The van der Waals surface area contributed by atoms with Crippen molar-refractivity contribution < 1.29 is 9.21 Å². The topological polar surface area (TPSA) is 54.3 Å². The van der Waals surface area contributed by atoms with E-state index in [0.717, 1.165) is 15.0 Å². The van der Waals surface area contributed by atoms with Crippen molar-refractivity contribution in [3.05, 3.63) is 45.5 Å². The summed E-state index contributed by atoms with van der Waals surface area (Å²) in [6.45, 7) is 0.853. The summed E-state index contributed by atoms with van der Waals surface area (Å²) in [7, 11) is 0. The molecule has 90 valence electrons. The number of carbonyl (C=O) groups excluding carboxylic acids is 1. The molecular weight excluding hydrogens is 260 g/mol. The van der Waals surface area contributed by atoms with E-state index in [1.54, 1.807) is 18.4 Å². The summed E-state index contributed by atoms with van der Waals surface area (Å²) in [6, 6.07) is 7.05. The molecule has 2 rings (SSSR count). The second-order valence-corrected chi connectivity index (χ2v) is 5.12. The van der Waals surface area contributed by atoms with Crippen molar-refractivity contribution in [3.63, 3.8) is 0 Å². The Morgan fingerprint density at radius 3 is 2.76 bits per heavy atom. The maximum atomic E-state index is 11.4. The van der Waals surface area contributed by atoms with E-state index in [9.17, 15) is 4.79 Å². The van der Waals surface area contributed by atoms with Crippen molar-refractivity contribution in [2.75, 3.05) is 0 Å². The molecule has 0 radical (unpaired) electrons. The highest BCUT2D eigenvalue weighted by Crippen LogP contribution is 2.20. The van der Waals surface area contributed by atoms with Gasteiger partial charge in [0.15, 0.2) is 0 Å². The number of halogens is 1. The summed E-state index contributed by atoms with van der Waals surface area (Å²) >= 11 is 7.23. The molecule has 0 unspecified atom stereocenters. The molecule has 2 aromatic rings.